The molecule has 0 radical (unpaired) electrons. The van der Waals surface area contributed by atoms with Crippen molar-refractivity contribution < 1.29 is 13.2 Å². The van der Waals surface area contributed by atoms with E-state index in [1.165, 1.54) is 43.2 Å². The van der Waals surface area contributed by atoms with Crippen LogP contribution in [-0.4, -0.2) is 39.3 Å². The van der Waals surface area contributed by atoms with Crippen molar-refractivity contribution in [3.63, 3.8) is 0 Å². The lowest BCUT2D eigenvalue weighted by Gasteiger charge is -2.31. The van der Waals surface area contributed by atoms with Crippen LogP contribution in [0.4, 0.5) is 35.9 Å². The number of nitrogens with zero attached hydrogens (tertiary/aromatic N) is 1. The molecule has 0 saturated carbocycles. The predicted octanol–water partition coefficient (Wildman–Crippen LogP) is 5.25. The van der Waals surface area contributed by atoms with Crippen molar-refractivity contribution >= 4 is 34.5 Å². The standard InChI is InChI=1S/C23H30F3N5S/c24-23(25,26)16-13-19(29-9-4-8-28-10-7-27)22-21(14-16)32-20-15-17(5-6-18(20)30-22)31-11-2-1-3-12-31/h5-6,13-15,28-30H,1-4,7-12,27H2. The van der Waals surface area contributed by atoms with Gasteiger partial charge in [-0.15, -0.1) is 0 Å². The SMILES string of the molecule is NCCNCCCNc1cc(C(F)(F)F)cc2c1Nc1ccc(N3CCCCC3)cc1S2. The van der Waals surface area contributed by atoms with Crippen molar-refractivity contribution in [2.75, 3.05) is 54.8 Å². The zero-order valence-corrected chi connectivity index (χ0v) is 18.8. The third kappa shape index (κ3) is 5.44. The number of nitrogens with one attached hydrogen (secondary N) is 3. The van der Waals surface area contributed by atoms with Crippen LogP contribution in [0.5, 0.6) is 0 Å². The molecular formula is C23H30F3N5S. The molecule has 0 unspecified atom stereocenters. The number of halogens is 3. The summed E-state index contributed by atoms with van der Waals surface area (Å²) >= 11 is 1.40. The van der Waals surface area contributed by atoms with E-state index in [1.54, 1.807) is 0 Å². The Bertz CT molecular complexity index is 929. The first-order valence-electron chi connectivity index (χ1n) is 11.2. The minimum atomic E-state index is -4.40. The quantitative estimate of drug-likeness (QED) is 0.341. The van der Waals surface area contributed by atoms with Gasteiger partial charge in [-0.3, -0.25) is 0 Å². The van der Waals surface area contributed by atoms with Gasteiger partial charge in [0, 0.05) is 48.2 Å². The first-order chi connectivity index (χ1) is 15.5. The Morgan fingerprint density at radius 3 is 2.56 bits per heavy atom. The molecule has 9 heteroatoms. The predicted molar refractivity (Wildman–Crippen MR) is 126 cm³/mol. The molecule has 0 aromatic heterocycles. The Hall–Kier alpha value is -2.10. The van der Waals surface area contributed by atoms with Crippen LogP contribution < -0.4 is 26.6 Å². The van der Waals surface area contributed by atoms with E-state index in [4.69, 9.17) is 5.73 Å². The summed E-state index contributed by atoms with van der Waals surface area (Å²) < 4.78 is 40.7. The van der Waals surface area contributed by atoms with Gasteiger partial charge < -0.3 is 26.6 Å². The maximum absolute atomic E-state index is 13.6. The fraction of sp³-hybridized carbons (Fsp3) is 0.478. The van der Waals surface area contributed by atoms with Crippen molar-refractivity contribution in [1.82, 2.24) is 5.32 Å². The number of hydrogen-bond acceptors (Lipinski definition) is 6. The van der Waals surface area contributed by atoms with Crippen molar-refractivity contribution in [2.45, 2.75) is 41.7 Å². The Kier molecular flexibility index (Phi) is 7.37. The van der Waals surface area contributed by atoms with Crippen molar-refractivity contribution in [3.8, 4) is 0 Å². The summed E-state index contributed by atoms with van der Waals surface area (Å²) in [5, 5.41) is 9.77. The molecule has 174 valence electrons. The third-order valence-corrected chi connectivity index (χ3v) is 6.86. The van der Waals surface area contributed by atoms with E-state index in [0.29, 0.717) is 29.4 Å². The summed E-state index contributed by atoms with van der Waals surface area (Å²) in [4.78, 5) is 3.90. The highest BCUT2D eigenvalue weighted by Gasteiger charge is 2.33. The van der Waals surface area contributed by atoms with Gasteiger partial charge in [0.15, 0.2) is 0 Å². The van der Waals surface area contributed by atoms with E-state index < -0.39 is 11.7 Å². The highest BCUT2D eigenvalue weighted by Crippen LogP contribution is 2.50. The van der Waals surface area contributed by atoms with Gasteiger partial charge in [0.25, 0.3) is 0 Å². The molecule has 2 aliphatic rings. The fourth-order valence-electron chi connectivity index (χ4n) is 4.09. The van der Waals surface area contributed by atoms with Gasteiger partial charge in [-0.2, -0.15) is 13.2 Å². The second kappa shape index (κ2) is 10.2. The van der Waals surface area contributed by atoms with E-state index in [-0.39, 0.29) is 0 Å². The van der Waals surface area contributed by atoms with E-state index in [9.17, 15) is 13.2 Å². The molecule has 0 bridgehead atoms. The number of fused-ring (bicyclic) bond motifs is 2. The van der Waals surface area contributed by atoms with Crippen molar-refractivity contribution in [1.29, 1.82) is 0 Å². The average Bonchev–Trinajstić information content (AvgIpc) is 2.79. The monoisotopic (exact) mass is 465 g/mol. The molecule has 0 atom stereocenters. The van der Waals surface area contributed by atoms with Crippen LogP contribution in [0.25, 0.3) is 0 Å². The van der Waals surface area contributed by atoms with Gasteiger partial charge in [-0.1, -0.05) is 11.8 Å². The van der Waals surface area contributed by atoms with Gasteiger partial charge >= 0.3 is 6.18 Å². The van der Waals surface area contributed by atoms with E-state index >= 15 is 0 Å². The van der Waals surface area contributed by atoms with Gasteiger partial charge in [0.05, 0.1) is 22.6 Å². The molecule has 32 heavy (non-hydrogen) atoms. The molecule has 2 aromatic carbocycles. The minimum Gasteiger partial charge on any atom is -0.383 e. The first kappa shape index (κ1) is 23.1. The lowest BCUT2D eigenvalue weighted by Crippen LogP contribution is -2.29. The molecule has 0 amide bonds. The maximum Gasteiger partial charge on any atom is 0.416 e. The van der Waals surface area contributed by atoms with Crippen molar-refractivity contribution in [3.05, 3.63) is 35.9 Å². The Labute approximate surface area is 191 Å². The second-order valence-corrected chi connectivity index (χ2v) is 9.25. The number of alkyl halides is 3. The lowest BCUT2D eigenvalue weighted by molar-refractivity contribution is -0.137. The summed E-state index contributed by atoms with van der Waals surface area (Å²) in [5.41, 5.74) is 8.07. The number of benzene rings is 2. The topological polar surface area (TPSA) is 65.3 Å². The fourth-order valence-corrected chi connectivity index (χ4v) is 5.19. The largest absolute Gasteiger partial charge is 0.416 e. The highest BCUT2D eigenvalue weighted by atomic mass is 32.2. The van der Waals surface area contributed by atoms with E-state index in [0.717, 1.165) is 48.9 Å². The normalized spacial score (nSPS) is 15.7. The smallest absolute Gasteiger partial charge is 0.383 e. The molecule has 4 rings (SSSR count). The zero-order valence-electron chi connectivity index (χ0n) is 18.0. The van der Waals surface area contributed by atoms with Gasteiger partial charge in [0.2, 0.25) is 0 Å². The molecule has 2 aromatic rings. The average molecular weight is 466 g/mol. The van der Waals surface area contributed by atoms with E-state index in [2.05, 4.69) is 33.0 Å². The zero-order chi connectivity index (χ0) is 22.6. The Balaban J connectivity index is 1.55. The highest BCUT2D eigenvalue weighted by molar-refractivity contribution is 7.99. The van der Waals surface area contributed by atoms with Crippen LogP contribution in [0.2, 0.25) is 0 Å². The molecule has 2 heterocycles. The van der Waals surface area contributed by atoms with Crippen LogP contribution in [0.3, 0.4) is 0 Å². The van der Waals surface area contributed by atoms with Crippen LogP contribution in [-0.2, 0) is 6.18 Å². The maximum atomic E-state index is 13.6. The number of rotatable bonds is 8. The molecular weight excluding hydrogens is 435 g/mol. The molecule has 2 aliphatic heterocycles. The summed E-state index contributed by atoms with van der Waals surface area (Å²) in [6.45, 7) is 4.68. The van der Waals surface area contributed by atoms with Crippen LogP contribution in [0.15, 0.2) is 40.1 Å². The Morgan fingerprint density at radius 2 is 1.81 bits per heavy atom. The van der Waals surface area contributed by atoms with Gasteiger partial charge in [-0.25, -0.2) is 0 Å². The lowest BCUT2D eigenvalue weighted by atomic mass is 10.1. The van der Waals surface area contributed by atoms with Crippen molar-refractivity contribution in [2.24, 2.45) is 5.73 Å². The molecule has 1 fully saturated rings. The summed E-state index contributed by atoms with van der Waals surface area (Å²) in [7, 11) is 0. The summed E-state index contributed by atoms with van der Waals surface area (Å²) in [6.07, 6.45) is -0.00315. The van der Waals surface area contributed by atoms with Crippen LogP contribution >= 0.6 is 11.8 Å². The molecule has 0 spiro atoms. The summed E-state index contributed by atoms with van der Waals surface area (Å²) in [6, 6.07) is 8.68. The van der Waals surface area contributed by atoms with Crippen LogP contribution in [0, 0.1) is 0 Å². The molecule has 5 N–H and O–H groups in total. The second-order valence-electron chi connectivity index (χ2n) is 8.17. The summed E-state index contributed by atoms with van der Waals surface area (Å²) in [5.74, 6) is 0. The van der Waals surface area contributed by atoms with Gasteiger partial charge in [-0.05, 0) is 62.6 Å². The number of anilines is 4. The molecule has 0 aliphatic carbocycles. The minimum absolute atomic E-state index is 0.479. The number of hydrogen-bond donors (Lipinski definition) is 4. The first-order valence-corrected chi connectivity index (χ1v) is 12.0. The van der Waals surface area contributed by atoms with E-state index in [1.807, 2.05) is 6.07 Å². The third-order valence-electron chi connectivity index (χ3n) is 5.76. The molecule has 1 saturated heterocycles. The number of piperidine rings is 1. The van der Waals surface area contributed by atoms with Gasteiger partial charge in [0.1, 0.15) is 0 Å². The molecule has 5 nitrogen and oxygen atoms in total. The van der Waals surface area contributed by atoms with Crippen LogP contribution in [0.1, 0.15) is 31.2 Å². The number of nitrogens with two attached hydrogens (primary N) is 1. The Morgan fingerprint density at radius 1 is 1.00 bits per heavy atom.